The summed E-state index contributed by atoms with van der Waals surface area (Å²) in [7, 11) is -3.55. The van der Waals surface area contributed by atoms with Gasteiger partial charge in [-0.05, 0) is 18.4 Å². The molecule has 2 rings (SSSR count). The summed E-state index contributed by atoms with van der Waals surface area (Å²) >= 11 is 1.43. The van der Waals surface area contributed by atoms with Crippen LogP contribution in [0, 0.1) is 6.92 Å². The van der Waals surface area contributed by atoms with Gasteiger partial charge in [-0.25, -0.2) is 13.1 Å². The maximum absolute atomic E-state index is 12.3. The van der Waals surface area contributed by atoms with Gasteiger partial charge in [0, 0.05) is 23.5 Å². The topological polar surface area (TPSA) is 84.2 Å². The number of hydrogen-bond donors (Lipinski definition) is 2. The lowest BCUT2D eigenvalue weighted by atomic mass is 10.4. The van der Waals surface area contributed by atoms with Crippen molar-refractivity contribution in [2.24, 2.45) is 0 Å². The van der Waals surface area contributed by atoms with Crippen LogP contribution in [-0.2, 0) is 23.1 Å². The number of aryl methyl sites for hydroxylation is 1. The molecule has 0 aliphatic heterocycles. The lowest BCUT2D eigenvalue weighted by molar-refractivity contribution is 0.377. The van der Waals surface area contributed by atoms with E-state index in [0.717, 1.165) is 10.6 Å². The van der Waals surface area contributed by atoms with Gasteiger partial charge in [0.1, 0.15) is 0 Å². The zero-order valence-corrected chi connectivity index (χ0v) is 13.8. The Hall–Kier alpha value is -1.22. The first-order valence-electron chi connectivity index (χ1n) is 6.60. The Bertz CT molecular complexity index is 689. The first-order valence-corrected chi connectivity index (χ1v) is 8.96. The van der Waals surface area contributed by atoms with E-state index in [1.165, 1.54) is 11.3 Å². The number of nitrogens with zero attached hydrogens (tertiary/aromatic N) is 1. The Balaban J connectivity index is 2.07. The van der Waals surface area contributed by atoms with Gasteiger partial charge >= 0.3 is 0 Å². The smallest absolute Gasteiger partial charge is 0.242 e. The van der Waals surface area contributed by atoms with E-state index in [4.69, 9.17) is 4.52 Å². The highest BCUT2D eigenvalue weighted by atomic mass is 32.2. The third kappa shape index (κ3) is 4.37. The summed E-state index contributed by atoms with van der Waals surface area (Å²) in [5.41, 5.74) is 0.724. The van der Waals surface area contributed by atoms with Gasteiger partial charge in [-0.3, -0.25) is 0 Å². The first-order chi connectivity index (χ1) is 9.88. The molecule has 0 spiro atoms. The molecule has 0 atom stereocenters. The second kappa shape index (κ2) is 6.69. The molecule has 116 valence electrons. The van der Waals surface area contributed by atoms with Crippen LogP contribution in [0.15, 0.2) is 26.9 Å². The maximum atomic E-state index is 12.3. The molecule has 2 aromatic rings. The van der Waals surface area contributed by atoms with Crippen LogP contribution < -0.4 is 10.0 Å². The molecular weight excluding hydrogens is 310 g/mol. The summed E-state index contributed by atoms with van der Waals surface area (Å²) in [6.45, 7) is 6.46. The molecule has 0 aliphatic rings. The predicted molar refractivity (Wildman–Crippen MR) is 81.6 cm³/mol. The highest BCUT2D eigenvalue weighted by Crippen LogP contribution is 2.22. The summed E-state index contributed by atoms with van der Waals surface area (Å²) < 4.78 is 32.2. The molecule has 6 nitrogen and oxygen atoms in total. The monoisotopic (exact) mass is 329 g/mol. The second-order valence-electron chi connectivity index (χ2n) is 5.00. The van der Waals surface area contributed by atoms with Gasteiger partial charge in [0.15, 0.2) is 5.76 Å². The van der Waals surface area contributed by atoms with Crippen molar-refractivity contribution in [3.8, 4) is 0 Å². The summed E-state index contributed by atoms with van der Waals surface area (Å²) in [6, 6.07) is 3.63. The molecule has 0 aliphatic carbocycles. The van der Waals surface area contributed by atoms with E-state index in [1.807, 2.05) is 13.8 Å². The van der Waals surface area contributed by atoms with Gasteiger partial charge in [-0.15, -0.1) is 11.3 Å². The van der Waals surface area contributed by atoms with Gasteiger partial charge in [0.2, 0.25) is 10.0 Å². The molecule has 0 saturated carbocycles. The minimum atomic E-state index is -3.55. The van der Waals surface area contributed by atoms with Crippen LogP contribution in [0.3, 0.4) is 0 Å². The van der Waals surface area contributed by atoms with Crippen molar-refractivity contribution in [2.45, 2.75) is 44.8 Å². The zero-order chi connectivity index (χ0) is 15.5. The van der Waals surface area contributed by atoms with Gasteiger partial charge in [0.25, 0.3) is 0 Å². The van der Waals surface area contributed by atoms with Gasteiger partial charge in [0.05, 0.1) is 17.1 Å². The number of hydrogen-bond acceptors (Lipinski definition) is 6. The highest BCUT2D eigenvalue weighted by Gasteiger charge is 2.20. The molecule has 21 heavy (non-hydrogen) atoms. The van der Waals surface area contributed by atoms with Crippen molar-refractivity contribution in [3.63, 3.8) is 0 Å². The molecule has 8 heteroatoms. The van der Waals surface area contributed by atoms with Crippen molar-refractivity contribution in [1.29, 1.82) is 0 Å². The predicted octanol–water partition coefficient (Wildman–Crippen LogP) is 2.02. The Morgan fingerprint density at radius 3 is 2.76 bits per heavy atom. The van der Waals surface area contributed by atoms with Gasteiger partial charge in [-0.1, -0.05) is 19.0 Å². The second-order valence-corrected chi connectivity index (χ2v) is 7.74. The first kappa shape index (κ1) is 16.2. The standard InChI is InChI=1S/C13H19N3O3S2/c1-9(2)14-8-12-13(4-5-20-12)21(17,18)15-7-11-6-10(3)16-19-11/h4-6,9,14-15H,7-8H2,1-3H3. The van der Waals surface area contributed by atoms with Crippen LogP contribution in [0.2, 0.25) is 0 Å². The van der Waals surface area contributed by atoms with Gasteiger partial charge in [-0.2, -0.15) is 0 Å². The average Bonchev–Trinajstić information content (AvgIpc) is 3.03. The van der Waals surface area contributed by atoms with E-state index >= 15 is 0 Å². The van der Waals surface area contributed by atoms with E-state index < -0.39 is 10.0 Å². The molecule has 0 aromatic carbocycles. The lowest BCUT2D eigenvalue weighted by Gasteiger charge is -2.09. The Morgan fingerprint density at radius 1 is 1.38 bits per heavy atom. The van der Waals surface area contributed by atoms with Crippen LogP contribution in [0.4, 0.5) is 0 Å². The fourth-order valence-electron chi connectivity index (χ4n) is 1.74. The Kier molecular flexibility index (Phi) is 5.15. The van der Waals surface area contributed by atoms with Crippen LogP contribution in [0.1, 0.15) is 30.2 Å². The zero-order valence-electron chi connectivity index (χ0n) is 12.2. The fraction of sp³-hybridized carbons (Fsp3) is 0.462. The third-order valence-electron chi connectivity index (χ3n) is 2.78. The van der Waals surface area contributed by atoms with E-state index in [0.29, 0.717) is 23.2 Å². The van der Waals surface area contributed by atoms with Crippen LogP contribution in [0.5, 0.6) is 0 Å². The minimum absolute atomic E-state index is 0.0933. The molecule has 0 bridgehead atoms. The summed E-state index contributed by atoms with van der Waals surface area (Å²) in [6.07, 6.45) is 0. The van der Waals surface area contributed by atoms with Crippen LogP contribution >= 0.6 is 11.3 Å². The Morgan fingerprint density at radius 2 is 2.14 bits per heavy atom. The van der Waals surface area contributed by atoms with Crippen molar-refractivity contribution < 1.29 is 12.9 Å². The number of nitrogens with one attached hydrogen (secondary N) is 2. The molecule has 0 saturated heterocycles. The SMILES string of the molecule is Cc1cc(CNS(=O)(=O)c2ccsc2CNC(C)C)on1. The summed E-state index contributed by atoms with van der Waals surface area (Å²) in [5, 5.41) is 8.74. The molecule has 0 unspecified atom stereocenters. The molecule has 0 amide bonds. The van der Waals surface area contributed by atoms with Crippen molar-refractivity contribution >= 4 is 21.4 Å². The lowest BCUT2D eigenvalue weighted by Crippen LogP contribution is -2.26. The largest absolute Gasteiger partial charge is 0.360 e. The molecule has 2 aromatic heterocycles. The number of thiophene rings is 1. The fourth-order valence-corrected chi connectivity index (χ4v) is 4.12. The van der Waals surface area contributed by atoms with Crippen LogP contribution in [0.25, 0.3) is 0 Å². The van der Waals surface area contributed by atoms with E-state index in [-0.39, 0.29) is 6.54 Å². The highest BCUT2D eigenvalue weighted by molar-refractivity contribution is 7.89. The molecule has 2 heterocycles. The van der Waals surface area contributed by atoms with Gasteiger partial charge < -0.3 is 9.84 Å². The van der Waals surface area contributed by atoms with E-state index in [9.17, 15) is 8.42 Å². The van der Waals surface area contributed by atoms with E-state index in [2.05, 4.69) is 15.2 Å². The molecule has 0 fully saturated rings. The quantitative estimate of drug-likeness (QED) is 0.812. The third-order valence-corrected chi connectivity index (χ3v) is 5.31. The average molecular weight is 329 g/mol. The normalized spacial score (nSPS) is 12.2. The summed E-state index contributed by atoms with van der Waals surface area (Å²) in [5.74, 6) is 0.494. The summed E-state index contributed by atoms with van der Waals surface area (Å²) in [4.78, 5) is 1.11. The number of rotatable bonds is 7. The molecule has 0 radical (unpaired) electrons. The van der Waals surface area contributed by atoms with Crippen molar-refractivity contribution in [2.75, 3.05) is 0 Å². The van der Waals surface area contributed by atoms with E-state index in [1.54, 1.807) is 24.4 Å². The Labute approximate surface area is 128 Å². The van der Waals surface area contributed by atoms with Crippen LogP contribution in [-0.4, -0.2) is 19.6 Å². The molecular formula is C13H19N3O3S2. The van der Waals surface area contributed by atoms with Crippen molar-refractivity contribution in [1.82, 2.24) is 15.2 Å². The minimum Gasteiger partial charge on any atom is -0.360 e. The molecule has 2 N–H and O–H groups in total. The number of aromatic nitrogens is 1. The maximum Gasteiger partial charge on any atom is 0.242 e. The number of sulfonamides is 1. The van der Waals surface area contributed by atoms with Crippen molar-refractivity contribution in [3.05, 3.63) is 33.8 Å².